The van der Waals surface area contributed by atoms with E-state index in [4.69, 9.17) is 9.84 Å². The number of ether oxygens (including phenoxy) is 1. The number of carbonyl (C=O) groups is 1. The zero-order chi connectivity index (χ0) is 23.0. The molecule has 1 saturated heterocycles. The molecule has 0 saturated carbocycles. The number of urea groups is 1. The first-order chi connectivity index (χ1) is 15.2. The van der Waals surface area contributed by atoms with Gasteiger partial charge in [0.25, 0.3) is 0 Å². The number of aromatic nitrogens is 3. The first-order valence-corrected chi connectivity index (χ1v) is 10.6. The highest BCUT2D eigenvalue weighted by atomic mass is 19.4. The minimum atomic E-state index is -4.47. The smallest absolute Gasteiger partial charge is 0.381 e. The molecule has 2 aliphatic rings. The number of alkyl halides is 3. The zero-order valence-corrected chi connectivity index (χ0v) is 18.4. The molecule has 0 unspecified atom stereocenters. The molecule has 11 heteroatoms. The minimum absolute atomic E-state index is 0.0650. The van der Waals surface area contributed by atoms with Gasteiger partial charge in [0.15, 0.2) is 5.82 Å². The predicted octanol–water partition coefficient (Wildman–Crippen LogP) is 3.42. The highest BCUT2D eigenvalue weighted by molar-refractivity contribution is 5.75. The number of amides is 2. The normalized spacial score (nSPS) is 17.2. The molecule has 4 heterocycles. The van der Waals surface area contributed by atoms with Crippen LogP contribution < -0.4 is 10.2 Å². The highest BCUT2D eigenvalue weighted by Gasteiger charge is 2.35. The van der Waals surface area contributed by atoms with Gasteiger partial charge in [0, 0.05) is 57.7 Å². The molecular weight excluding hydrogens is 425 g/mol. The van der Waals surface area contributed by atoms with Gasteiger partial charge in [-0.25, -0.2) is 9.78 Å². The van der Waals surface area contributed by atoms with Crippen molar-refractivity contribution in [1.82, 2.24) is 25.0 Å². The average molecular weight is 452 g/mol. The maximum Gasteiger partial charge on any atom is 0.416 e. The van der Waals surface area contributed by atoms with Gasteiger partial charge < -0.3 is 19.9 Å². The number of nitrogens with one attached hydrogen (secondary N) is 1. The molecular formula is C21H27F3N6O2. The molecule has 2 aliphatic heterocycles. The van der Waals surface area contributed by atoms with Crippen LogP contribution in [0.3, 0.4) is 0 Å². The fourth-order valence-corrected chi connectivity index (χ4v) is 4.37. The van der Waals surface area contributed by atoms with Gasteiger partial charge in [0.05, 0.1) is 18.2 Å². The van der Waals surface area contributed by atoms with Crippen molar-refractivity contribution >= 4 is 17.7 Å². The maximum absolute atomic E-state index is 13.5. The summed E-state index contributed by atoms with van der Waals surface area (Å²) < 4.78 is 47.9. The van der Waals surface area contributed by atoms with Gasteiger partial charge in [0.1, 0.15) is 5.82 Å². The van der Waals surface area contributed by atoms with Crippen LogP contribution in [0.25, 0.3) is 0 Å². The van der Waals surface area contributed by atoms with Gasteiger partial charge in [-0.1, -0.05) is 0 Å². The molecule has 0 aromatic carbocycles. The molecule has 0 spiro atoms. The van der Waals surface area contributed by atoms with Gasteiger partial charge >= 0.3 is 12.2 Å². The first-order valence-electron chi connectivity index (χ1n) is 10.6. The Morgan fingerprint density at radius 1 is 1.31 bits per heavy atom. The number of fused-ring (bicyclic) bond motifs is 1. The summed E-state index contributed by atoms with van der Waals surface area (Å²) in [5.74, 6) is 0.670. The molecule has 0 aliphatic carbocycles. The monoisotopic (exact) mass is 452 g/mol. The maximum atomic E-state index is 13.5. The lowest BCUT2D eigenvalue weighted by molar-refractivity contribution is -0.138. The highest BCUT2D eigenvalue weighted by Crippen LogP contribution is 2.37. The largest absolute Gasteiger partial charge is 0.416 e. The molecule has 8 nitrogen and oxygen atoms in total. The van der Waals surface area contributed by atoms with Crippen LogP contribution >= 0.6 is 0 Å². The lowest BCUT2D eigenvalue weighted by atomic mass is 10.0. The van der Waals surface area contributed by atoms with Gasteiger partial charge in [-0.3, -0.25) is 4.68 Å². The Morgan fingerprint density at radius 2 is 2.03 bits per heavy atom. The summed E-state index contributed by atoms with van der Waals surface area (Å²) in [5.41, 5.74) is 1.20. The SMILES string of the molecule is CNC(=O)N1CCc2c(c(N(C)c3cc(C(F)(F)F)c(C)cn3)nn2C2CCOCC2)C1. The average Bonchev–Trinajstić information content (AvgIpc) is 3.17. The summed E-state index contributed by atoms with van der Waals surface area (Å²) in [6.07, 6.45) is -0.988. The zero-order valence-electron chi connectivity index (χ0n) is 18.4. The number of hydrogen-bond acceptors (Lipinski definition) is 5. The number of pyridine rings is 1. The van der Waals surface area contributed by atoms with Crippen LogP contribution in [0.1, 0.15) is 41.3 Å². The van der Waals surface area contributed by atoms with E-state index in [2.05, 4.69) is 10.3 Å². The summed E-state index contributed by atoms with van der Waals surface area (Å²) in [6, 6.07) is 1.01. The molecule has 2 aromatic rings. The van der Waals surface area contributed by atoms with Crippen molar-refractivity contribution in [2.75, 3.05) is 38.8 Å². The van der Waals surface area contributed by atoms with Crippen LogP contribution in [0.4, 0.5) is 29.6 Å². The van der Waals surface area contributed by atoms with Crippen molar-refractivity contribution in [3.63, 3.8) is 0 Å². The molecule has 174 valence electrons. The summed E-state index contributed by atoms with van der Waals surface area (Å²) >= 11 is 0. The number of aryl methyl sites for hydroxylation is 1. The van der Waals surface area contributed by atoms with Crippen LogP contribution in [0.2, 0.25) is 0 Å². The van der Waals surface area contributed by atoms with Crippen molar-refractivity contribution in [3.05, 3.63) is 34.6 Å². The Labute approximate surface area is 184 Å². The van der Waals surface area contributed by atoms with E-state index in [9.17, 15) is 18.0 Å². The lowest BCUT2D eigenvalue weighted by Gasteiger charge is -2.30. The Hall–Kier alpha value is -2.82. The van der Waals surface area contributed by atoms with Gasteiger partial charge in [-0.2, -0.15) is 18.3 Å². The molecule has 1 fully saturated rings. The second-order valence-electron chi connectivity index (χ2n) is 8.18. The molecule has 32 heavy (non-hydrogen) atoms. The minimum Gasteiger partial charge on any atom is -0.381 e. The summed E-state index contributed by atoms with van der Waals surface area (Å²) in [5, 5.41) is 7.47. The standard InChI is InChI=1S/C21H27F3N6O2/c1-13-11-26-18(10-16(13)21(22,23)24)28(3)19-15-12-29(20(31)25-2)7-4-17(15)30(27-19)14-5-8-32-9-6-14/h10-11,14H,4-9,12H2,1-3H3,(H,25,31). The summed E-state index contributed by atoms with van der Waals surface area (Å²) in [6.45, 7) is 3.55. The fraction of sp³-hybridized carbons (Fsp3) is 0.571. The molecule has 4 rings (SSSR count). The third-order valence-electron chi connectivity index (χ3n) is 6.16. The second-order valence-corrected chi connectivity index (χ2v) is 8.18. The quantitative estimate of drug-likeness (QED) is 0.773. The molecule has 0 radical (unpaired) electrons. The van der Waals surface area contributed by atoms with Crippen LogP contribution in [0.5, 0.6) is 0 Å². The van der Waals surface area contributed by atoms with E-state index in [-0.39, 0.29) is 23.5 Å². The van der Waals surface area contributed by atoms with Crippen molar-refractivity contribution in [1.29, 1.82) is 0 Å². The van der Waals surface area contributed by atoms with E-state index in [1.807, 2.05) is 4.68 Å². The topological polar surface area (TPSA) is 75.5 Å². The Kier molecular flexibility index (Phi) is 6.02. The van der Waals surface area contributed by atoms with Gasteiger partial charge in [-0.15, -0.1) is 0 Å². The van der Waals surface area contributed by atoms with E-state index < -0.39 is 11.7 Å². The number of carbonyl (C=O) groups excluding carboxylic acids is 1. The number of hydrogen-bond donors (Lipinski definition) is 1. The Bertz CT molecular complexity index is 1000. The van der Waals surface area contributed by atoms with E-state index in [1.54, 1.807) is 23.9 Å². The molecule has 0 atom stereocenters. The van der Waals surface area contributed by atoms with Gasteiger partial charge in [0.2, 0.25) is 0 Å². The van der Waals surface area contributed by atoms with E-state index >= 15 is 0 Å². The molecule has 2 amide bonds. The second kappa shape index (κ2) is 8.61. The number of nitrogens with zero attached hydrogens (tertiary/aromatic N) is 5. The fourth-order valence-electron chi connectivity index (χ4n) is 4.37. The van der Waals surface area contributed by atoms with Crippen LogP contribution in [-0.4, -0.2) is 59.5 Å². The lowest BCUT2D eigenvalue weighted by Crippen LogP contribution is -2.41. The first kappa shape index (κ1) is 22.4. The third kappa shape index (κ3) is 4.13. The number of anilines is 2. The molecule has 2 aromatic heterocycles. The number of halogens is 3. The van der Waals surface area contributed by atoms with E-state index in [1.165, 1.54) is 13.1 Å². The Morgan fingerprint density at radius 3 is 2.69 bits per heavy atom. The third-order valence-corrected chi connectivity index (χ3v) is 6.16. The number of rotatable bonds is 3. The predicted molar refractivity (Wildman–Crippen MR) is 112 cm³/mol. The van der Waals surface area contributed by atoms with Crippen molar-refractivity contribution in [2.45, 2.75) is 44.9 Å². The van der Waals surface area contributed by atoms with Crippen molar-refractivity contribution < 1.29 is 22.7 Å². The molecule has 1 N–H and O–H groups in total. The Balaban J connectivity index is 1.76. The van der Waals surface area contributed by atoms with Crippen molar-refractivity contribution in [3.8, 4) is 0 Å². The van der Waals surface area contributed by atoms with E-state index in [0.29, 0.717) is 38.5 Å². The van der Waals surface area contributed by atoms with Crippen LogP contribution in [0, 0.1) is 6.92 Å². The molecule has 0 bridgehead atoms. The van der Waals surface area contributed by atoms with E-state index in [0.717, 1.165) is 30.2 Å². The summed E-state index contributed by atoms with van der Waals surface area (Å²) in [7, 11) is 3.23. The van der Waals surface area contributed by atoms with Crippen LogP contribution in [-0.2, 0) is 23.9 Å². The van der Waals surface area contributed by atoms with Crippen LogP contribution in [0.15, 0.2) is 12.3 Å². The van der Waals surface area contributed by atoms with Gasteiger partial charge in [-0.05, 0) is 31.4 Å². The summed E-state index contributed by atoms with van der Waals surface area (Å²) in [4.78, 5) is 19.7. The van der Waals surface area contributed by atoms with Crippen molar-refractivity contribution in [2.24, 2.45) is 0 Å².